The molecule has 2 heterocycles. The largest absolute Gasteiger partial charge is 0.417 e. The minimum atomic E-state index is -4.59. The lowest BCUT2D eigenvalue weighted by atomic mass is 9.74. The highest BCUT2D eigenvalue weighted by molar-refractivity contribution is 6.30. The molecule has 1 aliphatic rings. The summed E-state index contributed by atoms with van der Waals surface area (Å²) in [6.07, 6.45) is -2.57. The van der Waals surface area contributed by atoms with E-state index in [0.29, 0.717) is 43.3 Å². The minimum absolute atomic E-state index is 0.282. The van der Waals surface area contributed by atoms with Gasteiger partial charge in [-0.1, -0.05) is 23.7 Å². The van der Waals surface area contributed by atoms with Gasteiger partial charge in [-0.15, -0.1) is 0 Å². The molecule has 1 N–H and O–H groups in total. The summed E-state index contributed by atoms with van der Waals surface area (Å²) in [5.41, 5.74) is -1.02. The van der Waals surface area contributed by atoms with Crippen LogP contribution in [0.25, 0.3) is 0 Å². The van der Waals surface area contributed by atoms with Crippen LogP contribution in [0.15, 0.2) is 47.4 Å². The van der Waals surface area contributed by atoms with E-state index in [1.165, 1.54) is 0 Å². The molecule has 2 aromatic rings. The number of carbonyl (C=O) groups is 1. The van der Waals surface area contributed by atoms with Gasteiger partial charge in [-0.3, -0.25) is 9.59 Å². The second-order valence-electron chi connectivity index (χ2n) is 7.06. The van der Waals surface area contributed by atoms with E-state index in [9.17, 15) is 22.8 Å². The van der Waals surface area contributed by atoms with E-state index >= 15 is 0 Å². The maximum Gasteiger partial charge on any atom is 0.417 e. The van der Waals surface area contributed by atoms with Gasteiger partial charge >= 0.3 is 6.18 Å². The van der Waals surface area contributed by atoms with Gasteiger partial charge in [0.1, 0.15) is 6.54 Å². The molecule has 9 heteroatoms. The SMILES string of the molecule is O=C(Cn1cc(C(F)(F)F)ccc1=O)NCC1(c2ccc(Cl)cc2)CCOCC1. The van der Waals surface area contributed by atoms with E-state index in [2.05, 4.69) is 5.32 Å². The van der Waals surface area contributed by atoms with Gasteiger partial charge in [-0.05, 0) is 36.6 Å². The molecule has 1 aliphatic heterocycles. The van der Waals surface area contributed by atoms with Gasteiger partial charge in [0.25, 0.3) is 5.56 Å². The highest BCUT2D eigenvalue weighted by atomic mass is 35.5. The van der Waals surface area contributed by atoms with Crippen LogP contribution in [-0.4, -0.2) is 30.2 Å². The fourth-order valence-electron chi connectivity index (χ4n) is 3.43. The highest BCUT2D eigenvalue weighted by Gasteiger charge is 2.35. The molecule has 0 aliphatic carbocycles. The van der Waals surface area contributed by atoms with Crippen molar-refractivity contribution in [2.75, 3.05) is 19.8 Å². The van der Waals surface area contributed by atoms with Crippen LogP contribution in [0.5, 0.6) is 0 Å². The molecule has 1 fully saturated rings. The summed E-state index contributed by atoms with van der Waals surface area (Å²) in [4.78, 5) is 24.2. The second-order valence-corrected chi connectivity index (χ2v) is 7.49. The Balaban J connectivity index is 1.73. The maximum atomic E-state index is 12.9. The quantitative estimate of drug-likeness (QED) is 0.794. The molecule has 3 rings (SSSR count). The topological polar surface area (TPSA) is 60.3 Å². The minimum Gasteiger partial charge on any atom is -0.381 e. The molecule has 0 unspecified atom stereocenters. The lowest BCUT2D eigenvalue weighted by Gasteiger charge is -2.38. The molecule has 0 spiro atoms. The molecule has 0 radical (unpaired) electrons. The van der Waals surface area contributed by atoms with Crippen molar-refractivity contribution in [3.63, 3.8) is 0 Å². The molecule has 1 aromatic heterocycles. The van der Waals surface area contributed by atoms with Gasteiger partial charge in [0.15, 0.2) is 0 Å². The number of ether oxygens (including phenoxy) is 1. The molecular weight excluding hydrogens is 409 g/mol. The normalized spacial score (nSPS) is 16.4. The summed E-state index contributed by atoms with van der Waals surface area (Å²) >= 11 is 5.97. The third-order valence-electron chi connectivity index (χ3n) is 5.16. The van der Waals surface area contributed by atoms with Crippen LogP contribution in [-0.2, 0) is 27.7 Å². The summed E-state index contributed by atoms with van der Waals surface area (Å²) in [5.74, 6) is -0.536. The van der Waals surface area contributed by atoms with Crippen LogP contribution in [0, 0.1) is 0 Å². The number of nitrogens with one attached hydrogen (secondary N) is 1. The molecule has 5 nitrogen and oxygen atoms in total. The van der Waals surface area contributed by atoms with Gasteiger partial charge in [-0.25, -0.2) is 0 Å². The first-order valence-corrected chi connectivity index (χ1v) is 9.46. The smallest absolute Gasteiger partial charge is 0.381 e. The second kappa shape index (κ2) is 8.59. The Kier molecular flexibility index (Phi) is 6.33. The van der Waals surface area contributed by atoms with E-state index < -0.39 is 29.8 Å². The van der Waals surface area contributed by atoms with Gasteiger partial charge in [0.05, 0.1) is 5.56 Å². The van der Waals surface area contributed by atoms with Crippen LogP contribution in [0.3, 0.4) is 0 Å². The number of hydrogen-bond donors (Lipinski definition) is 1. The Hall–Kier alpha value is -2.32. The van der Waals surface area contributed by atoms with Gasteiger partial charge in [0, 0.05) is 42.5 Å². The van der Waals surface area contributed by atoms with Crippen molar-refractivity contribution in [1.29, 1.82) is 0 Å². The number of carbonyl (C=O) groups excluding carboxylic acids is 1. The number of aromatic nitrogens is 1. The van der Waals surface area contributed by atoms with Crippen molar-refractivity contribution >= 4 is 17.5 Å². The Labute approximate surface area is 170 Å². The van der Waals surface area contributed by atoms with E-state index in [1.807, 2.05) is 12.1 Å². The number of halogens is 4. The van der Waals surface area contributed by atoms with E-state index in [4.69, 9.17) is 16.3 Å². The van der Waals surface area contributed by atoms with E-state index in [-0.39, 0.29) is 12.0 Å². The summed E-state index contributed by atoms with van der Waals surface area (Å²) in [5, 5.41) is 3.37. The molecule has 29 heavy (non-hydrogen) atoms. The average molecular weight is 429 g/mol. The third kappa shape index (κ3) is 5.19. The zero-order valence-electron chi connectivity index (χ0n) is 15.5. The number of rotatable bonds is 5. The molecule has 0 bridgehead atoms. The van der Waals surface area contributed by atoms with Crippen molar-refractivity contribution in [1.82, 2.24) is 9.88 Å². The molecule has 1 aromatic carbocycles. The summed E-state index contributed by atoms with van der Waals surface area (Å²) < 4.78 is 44.8. The molecule has 0 saturated carbocycles. The van der Waals surface area contributed by atoms with E-state index in [1.54, 1.807) is 12.1 Å². The Morgan fingerprint density at radius 2 is 1.79 bits per heavy atom. The zero-order chi connectivity index (χ0) is 21.1. The van der Waals surface area contributed by atoms with Gasteiger partial charge < -0.3 is 14.6 Å². The number of nitrogens with zero attached hydrogens (tertiary/aromatic N) is 1. The Bertz CT molecular complexity index is 920. The van der Waals surface area contributed by atoms with Crippen LogP contribution in [0.1, 0.15) is 24.0 Å². The number of alkyl halides is 3. The predicted molar refractivity (Wildman–Crippen MR) is 102 cm³/mol. The third-order valence-corrected chi connectivity index (χ3v) is 5.41. The number of benzene rings is 1. The zero-order valence-corrected chi connectivity index (χ0v) is 16.2. The van der Waals surface area contributed by atoms with Crippen LogP contribution in [0.2, 0.25) is 5.02 Å². The monoisotopic (exact) mass is 428 g/mol. The first-order valence-electron chi connectivity index (χ1n) is 9.08. The number of pyridine rings is 1. The molecule has 1 amide bonds. The first-order chi connectivity index (χ1) is 13.7. The molecular formula is C20H20ClF3N2O3. The van der Waals surface area contributed by atoms with E-state index in [0.717, 1.165) is 16.2 Å². The fraction of sp³-hybridized carbons (Fsp3) is 0.400. The van der Waals surface area contributed by atoms with Crippen LogP contribution < -0.4 is 10.9 Å². The summed E-state index contributed by atoms with van der Waals surface area (Å²) in [7, 11) is 0. The average Bonchev–Trinajstić information content (AvgIpc) is 2.68. The lowest BCUT2D eigenvalue weighted by Crippen LogP contribution is -2.45. The fourth-order valence-corrected chi connectivity index (χ4v) is 3.56. The highest BCUT2D eigenvalue weighted by Crippen LogP contribution is 2.35. The molecule has 0 atom stereocenters. The number of hydrogen-bond acceptors (Lipinski definition) is 3. The van der Waals surface area contributed by atoms with Crippen LogP contribution >= 0.6 is 11.6 Å². The predicted octanol–water partition coefficient (Wildman–Crippen LogP) is 3.39. The van der Waals surface area contributed by atoms with Crippen molar-refractivity contribution in [2.24, 2.45) is 0 Å². The van der Waals surface area contributed by atoms with Crippen molar-refractivity contribution < 1.29 is 22.7 Å². The Morgan fingerprint density at radius 3 is 2.41 bits per heavy atom. The van der Waals surface area contributed by atoms with Gasteiger partial charge in [0.2, 0.25) is 5.91 Å². The number of amides is 1. The van der Waals surface area contributed by atoms with Crippen molar-refractivity contribution in [3.8, 4) is 0 Å². The first kappa shape index (κ1) is 21.4. The summed E-state index contributed by atoms with van der Waals surface area (Å²) in [6.45, 7) is 0.859. The molecule has 1 saturated heterocycles. The maximum absolute atomic E-state index is 12.9. The standard InChI is InChI=1S/C20H20ClF3N2O3/c21-16-4-1-14(2-5-16)19(7-9-29-10-8-19)13-25-17(27)12-26-11-15(20(22,23)24)3-6-18(26)28/h1-6,11H,7-10,12-13H2,(H,25,27). The lowest BCUT2D eigenvalue weighted by molar-refractivity contribution is -0.138. The van der Waals surface area contributed by atoms with Gasteiger partial charge in [-0.2, -0.15) is 13.2 Å². The molecule has 156 valence electrons. The van der Waals surface area contributed by atoms with Crippen molar-refractivity contribution in [3.05, 3.63) is 69.1 Å². The Morgan fingerprint density at radius 1 is 1.14 bits per heavy atom. The van der Waals surface area contributed by atoms with Crippen molar-refractivity contribution in [2.45, 2.75) is 31.0 Å². The summed E-state index contributed by atoms with van der Waals surface area (Å²) in [6, 6.07) is 8.86. The van der Waals surface area contributed by atoms with Crippen LogP contribution in [0.4, 0.5) is 13.2 Å².